The number of nitro benzene ring substituents is 1. The summed E-state index contributed by atoms with van der Waals surface area (Å²) >= 11 is 0. The van der Waals surface area contributed by atoms with E-state index in [-0.39, 0.29) is 11.6 Å². The largest absolute Gasteiger partial charge is 0.333 e. The summed E-state index contributed by atoms with van der Waals surface area (Å²) in [7, 11) is 0. The van der Waals surface area contributed by atoms with Crippen molar-refractivity contribution in [2.45, 2.75) is 27.3 Å². The highest BCUT2D eigenvalue weighted by molar-refractivity contribution is 5.94. The van der Waals surface area contributed by atoms with Crippen LogP contribution in [-0.2, 0) is 6.54 Å². The lowest BCUT2D eigenvalue weighted by Gasteiger charge is -2.27. The van der Waals surface area contributed by atoms with Crippen molar-refractivity contribution in [3.63, 3.8) is 0 Å². The molecule has 27 heavy (non-hydrogen) atoms. The molecule has 0 aromatic heterocycles. The molecule has 2 aromatic carbocycles. The van der Waals surface area contributed by atoms with Gasteiger partial charge in [-0.2, -0.15) is 0 Å². The zero-order valence-corrected chi connectivity index (χ0v) is 16.2. The molecule has 0 heterocycles. The molecule has 1 amide bonds. The summed E-state index contributed by atoms with van der Waals surface area (Å²) in [4.78, 5) is 27.8. The van der Waals surface area contributed by atoms with Crippen molar-refractivity contribution in [2.24, 2.45) is 0 Å². The van der Waals surface area contributed by atoms with Crippen molar-refractivity contribution in [2.75, 3.05) is 26.2 Å². The Morgan fingerprint density at radius 3 is 2.26 bits per heavy atom. The zero-order valence-electron chi connectivity index (χ0n) is 16.2. The number of carbonyl (C=O) groups is 1. The summed E-state index contributed by atoms with van der Waals surface area (Å²) in [5.74, 6) is -0.107. The van der Waals surface area contributed by atoms with Crippen molar-refractivity contribution < 1.29 is 9.72 Å². The topological polar surface area (TPSA) is 66.7 Å². The van der Waals surface area contributed by atoms with Gasteiger partial charge in [-0.1, -0.05) is 44.2 Å². The van der Waals surface area contributed by atoms with Crippen LogP contribution in [0.2, 0.25) is 0 Å². The van der Waals surface area contributed by atoms with Crippen molar-refractivity contribution in [3.8, 4) is 0 Å². The van der Waals surface area contributed by atoms with Crippen LogP contribution in [0.3, 0.4) is 0 Å². The summed E-state index contributed by atoms with van der Waals surface area (Å²) in [6.45, 7) is 9.63. The SMILES string of the molecule is CCN(CC)CCN(Cc1ccccc1)C(=O)c1ccc([N+](=O)[O-])c(C)c1. The molecule has 0 saturated heterocycles. The molecule has 0 fully saturated rings. The van der Waals surface area contributed by atoms with Crippen LogP contribution < -0.4 is 0 Å². The molecule has 0 bridgehead atoms. The van der Waals surface area contributed by atoms with E-state index >= 15 is 0 Å². The summed E-state index contributed by atoms with van der Waals surface area (Å²) in [5.41, 5.74) is 2.07. The molecule has 0 aliphatic rings. The Labute approximate surface area is 160 Å². The maximum absolute atomic E-state index is 13.1. The third kappa shape index (κ3) is 5.62. The zero-order chi connectivity index (χ0) is 19.8. The number of aryl methyl sites for hydroxylation is 1. The van der Waals surface area contributed by atoms with Gasteiger partial charge in [0.1, 0.15) is 0 Å². The van der Waals surface area contributed by atoms with E-state index in [0.29, 0.717) is 24.2 Å². The molecule has 2 rings (SSSR count). The summed E-state index contributed by atoms with van der Waals surface area (Å²) in [5, 5.41) is 11.0. The van der Waals surface area contributed by atoms with E-state index in [9.17, 15) is 14.9 Å². The highest BCUT2D eigenvalue weighted by Gasteiger charge is 2.19. The van der Waals surface area contributed by atoms with Gasteiger partial charge in [-0.05, 0) is 37.7 Å². The number of rotatable bonds is 9. The summed E-state index contributed by atoms with van der Waals surface area (Å²) in [6.07, 6.45) is 0. The standard InChI is InChI=1S/C21H27N3O3/c1-4-22(5-2)13-14-23(16-18-9-7-6-8-10-18)21(25)19-11-12-20(24(26)27)17(3)15-19/h6-12,15H,4-5,13-14,16H2,1-3H3. The van der Waals surface area contributed by atoms with E-state index in [1.165, 1.54) is 6.07 Å². The number of benzene rings is 2. The quantitative estimate of drug-likeness (QED) is 0.497. The van der Waals surface area contributed by atoms with Gasteiger partial charge in [0.25, 0.3) is 11.6 Å². The van der Waals surface area contributed by atoms with E-state index in [1.807, 2.05) is 35.2 Å². The van der Waals surface area contributed by atoms with Gasteiger partial charge < -0.3 is 9.80 Å². The van der Waals surface area contributed by atoms with E-state index < -0.39 is 4.92 Å². The molecule has 0 radical (unpaired) electrons. The summed E-state index contributed by atoms with van der Waals surface area (Å²) in [6, 6.07) is 14.4. The lowest BCUT2D eigenvalue weighted by atomic mass is 10.1. The van der Waals surface area contributed by atoms with Gasteiger partial charge in [0.15, 0.2) is 0 Å². The van der Waals surface area contributed by atoms with Crippen LogP contribution >= 0.6 is 0 Å². The van der Waals surface area contributed by atoms with Crippen LogP contribution in [0.4, 0.5) is 5.69 Å². The van der Waals surface area contributed by atoms with Gasteiger partial charge in [-0.15, -0.1) is 0 Å². The molecule has 6 heteroatoms. The fourth-order valence-corrected chi connectivity index (χ4v) is 3.03. The maximum Gasteiger partial charge on any atom is 0.272 e. The molecule has 2 aromatic rings. The number of hydrogen-bond acceptors (Lipinski definition) is 4. The van der Waals surface area contributed by atoms with Gasteiger partial charge in [0, 0.05) is 36.8 Å². The predicted molar refractivity (Wildman–Crippen MR) is 107 cm³/mol. The minimum absolute atomic E-state index is 0.0318. The molecule has 0 unspecified atom stereocenters. The van der Waals surface area contributed by atoms with Crippen molar-refractivity contribution in [1.82, 2.24) is 9.80 Å². The van der Waals surface area contributed by atoms with Crippen molar-refractivity contribution in [3.05, 3.63) is 75.3 Å². The Morgan fingerprint density at radius 2 is 1.70 bits per heavy atom. The van der Waals surface area contributed by atoms with Crippen LogP contribution in [0.1, 0.15) is 35.3 Å². The Bertz CT molecular complexity index is 773. The second kappa shape index (κ2) is 9.83. The van der Waals surface area contributed by atoms with Gasteiger partial charge in [-0.3, -0.25) is 14.9 Å². The summed E-state index contributed by atoms with van der Waals surface area (Å²) < 4.78 is 0. The van der Waals surface area contributed by atoms with Crippen LogP contribution in [-0.4, -0.2) is 46.8 Å². The molecule has 0 aliphatic heterocycles. The fraction of sp³-hybridized carbons (Fsp3) is 0.381. The van der Waals surface area contributed by atoms with Crippen LogP contribution in [0.15, 0.2) is 48.5 Å². The Kier molecular flexibility index (Phi) is 7.49. The molecule has 0 aliphatic carbocycles. The average molecular weight is 369 g/mol. The Hall–Kier alpha value is -2.73. The normalized spacial score (nSPS) is 10.8. The second-order valence-electron chi connectivity index (χ2n) is 6.50. The minimum Gasteiger partial charge on any atom is -0.333 e. The average Bonchev–Trinajstić information content (AvgIpc) is 2.67. The van der Waals surface area contributed by atoms with E-state index in [2.05, 4.69) is 18.7 Å². The molecule has 0 spiro atoms. The molecule has 0 N–H and O–H groups in total. The fourth-order valence-electron chi connectivity index (χ4n) is 3.03. The van der Waals surface area contributed by atoms with Crippen molar-refractivity contribution in [1.29, 1.82) is 0 Å². The number of nitro groups is 1. The smallest absolute Gasteiger partial charge is 0.272 e. The van der Waals surface area contributed by atoms with Crippen LogP contribution in [0, 0.1) is 17.0 Å². The molecule has 0 saturated carbocycles. The highest BCUT2D eigenvalue weighted by atomic mass is 16.6. The molecule has 0 atom stereocenters. The first kappa shape index (κ1) is 20.6. The first-order valence-corrected chi connectivity index (χ1v) is 9.26. The minimum atomic E-state index is -0.425. The van der Waals surface area contributed by atoms with E-state index in [0.717, 1.165) is 25.2 Å². The molecular weight excluding hydrogens is 342 g/mol. The number of hydrogen-bond donors (Lipinski definition) is 0. The Morgan fingerprint density at radius 1 is 1.04 bits per heavy atom. The monoisotopic (exact) mass is 369 g/mol. The van der Waals surface area contributed by atoms with Gasteiger partial charge in [0.05, 0.1) is 4.92 Å². The molecule has 144 valence electrons. The van der Waals surface area contributed by atoms with Gasteiger partial charge >= 0.3 is 0 Å². The van der Waals surface area contributed by atoms with E-state index in [4.69, 9.17) is 0 Å². The van der Waals surface area contributed by atoms with Crippen molar-refractivity contribution >= 4 is 11.6 Å². The molecule has 6 nitrogen and oxygen atoms in total. The first-order chi connectivity index (χ1) is 13.0. The maximum atomic E-state index is 13.1. The Balaban J connectivity index is 2.23. The number of nitrogens with zero attached hydrogens (tertiary/aromatic N) is 3. The second-order valence-corrected chi connectivity index (χ2v) is 6.50. The van der Waals surface area contributed by atoms with Crippen LogP contribution in [0.5, 0.6) is 0 Å². The lowest BCUT2D eigenvalue weighted by Crippen LogP contribution is -2.38. The lowest BCUT2D eigenvalue weighted by molar-refractivity contribution is -0.385. The van der Waals surface area contributed by atoms with Gasteiger partial charge in [0.2, 0.25) is 0 Å². The number of carbonyl (C=O) groups excluding carboxylic acids is 1. The molecular formula is C21H27N3O3. The third-order valence-corrected chi connectivity index (χ3v) is 4.72. The predicted octanol–water partition coefficient (Wildman–Crippen LogP) is 3.89. The first-order valence-electron chi connectivity index (χ1n) is 9.26. The van der Waals surface area contributed by atoms with E-state index in [1.54, 1.807) is 19.1 Å². The van der Waals surface area contributed by atoms with Gasteiger partial charge in [-0.25, -0.2) is 0 Å². The number of amides is 1. The van der Waals surface area contributed by atoms with Crippen LogP contribution in [0.25, 0.3) is 0 Å². The highest BCUT2D eigenvalue weighted by Crippen LogP contribution is 2.20. The number of likely N-dealkylation sites (N-methyl/N-ethyl adjacent to an activating group) is 1. The third-order valence-electron chi connectivity index (χ3n) is 4.72.